The number of rotatable bonds is 5. The molecule has 5 nitrogen and oxygen atoms in total. The number of nitrogens with zero attached hydrogens (tertiary/aromatic N) is 1. The van der Waals surface area contributed by atoms with Crippen molar-refractivity contribution in [2.45, 2.75) is 70.9 Å². The number of carboxylic acid groups (broad SMARTS) is 1. The molecule has 0 bridgehead atoms. The summed E-state index contributed by atoms with van der Waals surface area (Å²) in [6.45, 7) is 6.66. The molecule has 1 atom stereocenters. The molecule has 19 heavy (non-hydrogen) atoms. The van der Waals surface area contributed by atoms with E-state index in [0.29, 0.717) is 12.5 Å². The second-order valence-corrected chi connectivity index (χ2v) is 5.96. The first kappa shape index (κ1) is 15.8. The monoisotopic (exact) mass is 270 g/mol. The second-order valence-electron chi connectivity index (χ2n) is 5.96. The van der Waals surface area contributed by atoms with Crippen LogP contribution in [-0.2, 0) is 4.79 Å². The normalized spacial score (nSPS) is 20.2. The van der Waals surface area contributed by atoms with Crippen molar-refractivity contribution in [3.8, 4) is 0 Å². The third-order valence-electron chi connectivity index (χ3n) is 3.77. The summed E-state index contributed by atoms with van der Waals surface area (Å²) in [6, 6.07) is 0.269. The van der Waals surface area contributed by atoms with Gasteiger partial charge in [-0.1, -0.05) is 6.92 Å². The maximum atomic E-state index is 12.3. The standard InChI is InChI=1S/C14H26N2O3/c1-4-11-7-5-6-10-16(11)13(19)15-14(2,3)9-8-12(17)18/h11H,4-10H2,1-3H3,(H,15,19)(H,17,18). The van der Waals surface area contributed by atoms with Crippen LogP contribution in [0.5, 0.6) is 0 Å². The molecule has 0 aromatic carbocycles. The van der Waals surface area contributed by atoms with Crippen LogP contribution in [0.3, 0.4) is 0 Å². The molecule has 0 aromatic rings. The van der Waals surface area contributed by atoms with Gasteiger partial charge < -0.3 is 15.3 Å². The minimum atomic E-state index is -0.827. The Balaban J connectivity index is 2.54. The van der Waals surface area contributed by atoms with Gasteiger partial charge in [-0.3, -0.25) is 4.79 Å². The van der Waals surface area contributed by atoms with Crippen molar-refractivity contribution < 1.29 is 14.7 Å². The summed E-state index contributed by atoms with van der Waals surface area (Å²) in [4.78, 5) is 24.8. The number of carbonyl (C=O) groups is 2. The number of aliphatic carboxylic acids is 1. The van der Waals surface area contributed by atoms with Crippen LogP contribution in [-0.4, -0.2) is 40.1 Å². The zero-order valence-corrected chi connectivity index (χ0v) is 12.2. The Morgan fingerprint density at radius 3 is 2.63 bits per heavy atom. The number of carbonyl (C=O) groups excluding carboxylic acids is 1. The molecule has 110 valence electrons. The Morgan fingerprint density at radius 2 is 2.05 bits per heavy atom. The van der Waals surface area contributed by atoms with Crippen molar-refractivity contribution in [2.24, 2.45) is 0 Å². The first-order chi connectivity index (χ1) is 8.85. The molecule has 5 heteroatoms. The molecule has 2 amide bonds. The molecule has 0 aromatic heterocycles. The molecule has 1 aliphatic heterocycles. The average Bonchev–Trinajstić information content (AvgIpc) is 2.36. The van der Waals surface area contributed by atoms with Gasteiger partial charge in [-0.2, -0.15) is 0 Å². The van der Waals surface area contributed by atoms with Crippen LogP contribution in [0, 0.1) is 0 Å². The third kappa shape index (κ3) is 5.09. The van der Waals surface area contributed by atoms with E-state index in [9.17, 15) is 9.59 Å². The Hall–Kier alpha value is -1.26. The number of amides is 2. The third-order valence-corrected chi connectivity index (χ3v) is 3.77. The van der Waals surface area contributed by atoms with Gasteiger partial charge in [0.25, 0.3) is 0 Å². The van der Waals surface area contributed by atoms with Crippen LogP contribution < -0.4 is 5.32 Å². The topological polar surface area (TPSA) is 69.6 Å². The molecule has 0 aliphatic carbocycles. The minimum absolute atomic E-state index is 0.0538. The van der Waals surface area contributed by atoms with Crippen LogP contribution in [0.2, 0.25) is 0 Å². The van der Waals surface area contributed by atoms with Crippen molar-refractivity contribution in [3.05, 3.63) is 0 Å². The molecular formula is C14H26N2O3. The van der Waals surface area contributed by atoms with Gasteiger partial charge in [0.05, 0.1) is 0 Å². The van der Waals surface area contributed by atoms with Crippen molar-refractivity contribution >= 4 is 12.0 Å². The van der Waals surface area contributed by atoms with E-state index in [-0.39, 0.29) is 12.5 Å². The summed E-state index contributed by atoms with van der Waals surface area (Å²) in [5, 5.41) is 11.7. The van der Waals surface area contributed by atoms with E-state index in [1.165, 1.54) is 6.42 Å². The van der Waals surface area contributed by atoms with Gasteiger partial charge in [0.2, 0.25) is 0 Å². The Labute approximate surface area is 115 Å². The highest BCUT2D eigenvalue weighted by Crippen LogP contribution is 2.20. The van der Waals surface area contributed by atoms with Crippen LogP contribution in [0.25, 0.3) is 0 Å². The lowest BCUT2D eigenvalue weighted by Crippen LogP contribution is -2.54. The molecule has 1 aliphatic rings. The van der Waals surface area contributed by atoms with Crippen LogP contribution >= 0.6 is 0 Å². The molecule has 2 N–H and O–H groups in total. The Bertz CT molecular complexity index is 329. The number of piperidine rings is 1. The summed E-state index contributed by atoms with van der Waals surface area (Å²) in [6.07, 6.45) is 4.80. The molecule has 1 unspecified atom stereocenters. The molecule has 1 saturated heterocycles. The van der Waals surface area contributed by atoms with Gasteiger partial charge >= 0.3 is 12.0 Å². The lowest BCUT2D eigenvalue weighted by molar-refractivity contribution is -0.137. The minimum Gasteiger partial charge on any atom is -0.481 e. The smallest absolute Gasteiger partial charge is 0.318 e. The average molecular weight is 270 g/mol. The molecule has 1 heterocycles. The summed E-state index contributed by atoms with van der Waals surface area (Å²) >= 11 is 0. The summed E-state index contributed by atoms with van der Waals surface area (Å²) < 4.78 is 0. The first-order valence-corrected chi connectivity index (χ1v) is 7.16. The number of carboxylic acids is 1. The molecule has 0 radical (unpaired) electrons. The summed E-state index contributed by atoms with van der Waals surface area (Å²) in [5.41, 5.74) is -0.481. The maximum Gasteiger partial charge on any atom is 0.318 e. The van der Waals surface area contributed by atoms with Crippen molar-refractivity contribution in [1.29, 1.82) is 0 Å². The van der Waals surface area contributed by atoms with E-state index in [1.54, 1.807) is 0 Å². The molecule has 1 rings (SSSR count). The SMILES string of the molecule is CCC1CCCCN1C(=O)NC(C)(C)CCC(=O)O. The van der Waals surface area contributed by atoms with Gasteiger partial charge in [-0.25, -0.2) is 4.79 Å². The molecule has 0 spiro atoms. The number of urea groups is 1. The van der Waals surface area contributed by atoms with E-state index in [4.69, 9.17) is 5.11 Å². The lowest BCUT2D eigenvalue weighted by atomic mass is 9.97. The predicted molar refractivity (Wildman–Crippen MR) is 74.1 cm³/mol. The van der Waals surface area contributed by atoms with Gasteiger partial charge in [0.1, 0.15) is 0 Å². The molecule has 0 saturated carbocycles. The maximum absolute atomic E-state index is 12.3. The van der Waals surface area contributed by atoms with Crippen LogP contribution in [0.1, 0.15) is 59.3 Å². The van der Waals surface area contributed by atoms with Gasteiger partial charge in [0, 0.05) is 24.5 Å². The van der Waals surface area contributed by atoms with E-state index >= 15 is 0 Å². The van der Waals surface area contributed by atoms with Crippen LogP contribution in [0.4, 0.5) is 4.79 Å². The van der Waals surface area contributed by atoms with E-state index < -0.39 is 11.5 Å². The number of hydrogen-bond donors (Lipinski definition) is 2. The highest BCUT2D eigenvalue weighted by molar-refractivity contribution is 5.75. The fraction of sp³-hybridized carbons (Fsp3) is 0.857. The number of hydrogen-bond acceptors (Lipinski definition) is 2. The van der Waals surface area contributed by atoms with Gasteiger partial charge in [-0.15, -0.1) is 0 Å². The molecule has 1 fully saturated rings. The highest BCUT2D eigenvalue weighted by atomic mass is 16.4. The number of nitrogens with one attached hydrogen (secondary N) is 1. The van der Waals surface area contributed by atoms with Crippen molar-refractivity contribution in [1.82, 2.24) is 10.2 Å². The van der Waals surface area contributed by atoms with Crippen LogP contribution in [0.15, 0.2) is 0 Å². The lowest BCUT2D eigenvalue weighted by Gasteiger charge is -2.38. The van der Waals surface area contributed by atoms with E-state index in [0.717, 1.165) is 25.8 Å². The van der Waals surface area contributed by atoms with E-state index in [2.05, 4.69) is 12.2 Å². The zero-order valence-electron chi connectivity index (χ0n) is 12.2. The fourth-order valence-corrected chi connectivity index (χ4v) is 2.54. The quantitative estimate of drug-likeness (QED) is 0.806. The molecular weight excluding hydrogens is 244 g/mol. The highest BCUT2D eigenvalue weighted by Gasteiger charge is 2.29. The van der Waals surface area contributed by atoms with Gasteiger partial charge in [0.15, 0.2) is 0 Å². The fourth-order valence-electron chi connectivity index (χ4n) is 2.54. The largest absolute Gasteiger partial charge is 0.481 e. The first-order valence-electron chi connectivity index (χ1n) is 7.16. The Morgan fingerprint density at radius 1 is 1.37 bits per heavy atom. The summed E-state index contributed by atoms with van der Waals surface area (Å²) in [5.74, 6) is -0.827. The van der Waals surface area contributed by atoms with Crippen molar-refractivity contribution in [2.75, 3.05) is 6.54 Å². The number of likely N-dealkylation sites (tertiary alicyclic amines) is 1. The Kier molecular flexibility index (Phi) is 5.63. The van der Waals surface area contributed by atoms with Crippen molar-refractivity contribution in [3.63, 3.8) is 0 Å². The van der Waals surface area contributed by atoms with Gasteiger partial charge in [-0.05, 0) is 46.0 Å². The van der Waals surface area contributed by atoms with E-state index in [1.807, 2.05) is 18.7 Å². The zero-order chi connectivity index (χ0) is 14.5. The predicted octanol–water partition coefficient (Wildman–Crippen LogP) is 2.60. The summed E-state index contributed by atoms with van der Waals surface area (Å²) in [7, 11) is 0. The second kappa shape index (κ2) is 6.78.